The molecule has 0 spiro atoms. The van der Waals surface area contributed by atoms with E-state index in [0.29, 0.717) is 6.54 Å². The molecule has 106 valence electrons. The summed E-state index contributed by atoms with van der Waals surface area (Å²) in [5, 5.41) is 14.7. The van der Waals surface area contributed by atoms with E-state index < -0.39 is 0 Å². The number of anilines is 2. The largest absolute Gasteiger partial charge is 0.355 e. The van der Waals surface area contributed by atoms with Crippen molar-refractivity contribution in [3.8, 4) is 0 Å². The van der Waals surface area contributed by atoms with Gasteiger partial charge in [0, 0.05) is 12.2 Å². The predicted molar refractivity (Wildman–Crippen MR) is 83.6 cm³/mol. The Balaban J connectivity index is 1.94. The molecule has 2 aromatic rings. The van der Waals surface area contributed by atoms with Crippen molar-refractivity contribution in [2.24, 2.45) is 0 Å². The lowest BCUT2D eigenvalue weighted by molar-refractivity contribution is -0.120. The van der Waals surface area contributed by atoms with Gasteiger partial charge in [-0.25, -0.2) is 0 Å². The summed E-state index contributed by atoms with van der Waals surface area (Å²) >= 11 is 2.86. The molecule has 0 aliphatic carbocycles. The summed E-state index contributed by atoms with van der Waals surface area (Å²) in [5.41, 5.74) is 0.969. The van der Waals surface area contributed by atoms with Crippen LogP contribution in [-0.4, -0.2) is 27.9 Å². The normalized spacial score (nSPS) is 11.9. The number of amides is 1. The number of hydrogen-bond acceptors (Lipinski definition) is 6. The zero-order valence-corrected chi connectivity index (χ0v) is 12.9. The smallest absolute Gasteiger partial charge is 0.233 e. The van der Waals surface area contributed by atoms with Crippen molar-refractivity contribution in [2.45, 2.75) is 23.4 Å². The highest BCUT2D eigenvalue weighted by Gasteiger charge is 2.16. The number of carbonyl (C=O) groups is 1. The second kappa shape index (κ2) is 7.25. The van der Waals surface area contributed by atoms with Gasteiger partial charge in [0.05, 0.1) is 5.25 Å². The average Bonchev–Trinajstić information content (AvgIpc) is 2.87. The third kappa shape index (κ3) is 4.21. The van der Waals surface area contributed by atoms with Gasteiger partial charge in [0.15, 0.2) is 4.34 Å². The molecule has 0 radical (unpaired) electrons. The molecule has 2 N–H and O–H groups in total. The van der Waals surface area contributed by atoms with E-state index in [9.17, 15) is 4.79 Å². The van der Waals surface area contributed by atoms with Crippen molar-refractivity contribution in [1.82, 2.24) is 15.5 Å². The van der Waals surface area contributed by atoms with Crippen molar-refractivity contribution >= 4 is 39.8 Å². The van der Waals surface area contributed by atoms with Crippen molar-refractivity contribution in [1.29, 1.82) is 0 Å². The van der Waals surface area contributed by atoms with Crippen LogP contribution in [0.15, 0.2) is 34.7 Å². The number of nitrogens with zero attached hydrogens (tertiary/aromatic N) is 2. The molecule has 0 aliphatic heterocycles. The number of carbonyl (C=O) groups excluding carboxylic acids is 1. The molecule has 2 rings (SSSR count). The minimum atomic E-state index is -0.174. The topological polar surface area (TPSA) is 66.9 Å². The van der Waals surface area contributed by atoms with E-state index in [2.05, 4.69) is 20.8 Å². The predicted octanol–water partition coefficient (Wildman–Crippen LogP) is 2.90. The zero-order chi connectivity index (χ0) is 14.4. The molecule has 0 aliphatic rings. The van der Waals surface area contributed by atoms with Crippen LogP contribution in [0.3, 0.4) is 0 Å². The first kappa shape index (κ1) is 14.8. The Morgan fingerprint density at radius 1 is 1.35 bits per heavy atom. The molecule has 0 saturated carbocycles. The van der Waals surface area contributed by atoms with Crippen molar-refractivity contribution < 1.29 is 4.79 Å². The van der Waals surface area contributed by atoms with Crippen LogP contribution in [0.1, 0.15) is 13.8 Å². The standard InChI is InChI=1S/C13H16N4OS2/c1-3-14-11(18)9(2)19-13-17-16-12(20-13)15-10-7-5-4-6-8-10/h4-9H,3H2,1-2H3,(H,14,18)(H,15,16)/t9-/m1/s1. The van der Waals surface area contributed by atoms with Crippen LogP contribution in [0.4, 0.5) is 10.8 Å². The van der Waals surface area contributed by atoms with Crippen LogP contribution in [-0.2, 0) is 4.79 Å². The van der Waals surface area contributed by atoms with E-state index in [0.717, 1.165) is 15.2 Å². The Labute approximate surface area is 126 Å². The van der Waals surface area contributed by atoms with Crippen molar-refractivity contribution in [2.75, 3.05) is 11.9 Å². The lowest BCUT2D eigenvalue weighted by Crippen LogP contribution is -2.30. The highest BCUT2D eigenvalue weighted by molar-refractivity contribution is 8.02. The third-order valence-electron chi connectivity index (χ3n) is 2.43. The molecular formula is C13H16N4OS2. The van der Waals surface area contributed by atoms with Crippen LogP contribution in [0.5, 0.6) is 0 Å². The highest BCUT2D eigenvalue weighted by Crippen LogP contribution is 2.30. The van der Waals surface area contributed by atoms with Gasteiger partial charge < -0.3 is 10.6 Å². The molecule has 7 heteroatoms. The summed E-state index contributed by atoms with van der Waals surface area (Å²) in [4.78, 5) is 11.7. The van der Waals surface area contributed by atoms with E-state index in [-0.39, 0.29) is 11.2 Å². The molecule has 0 unspecified atom stereocenters. The Kier molecular flexibility index (Phi) is 5.37. The fourth-order valence-electron chi connectivity index (χ4n) is 1.48. The van der Waals surface area contributed by atoms with Crippen LogP contribution in [0.2, 0.25) is 0 Å². The molecule has 5 nitrogen and oxygen atoms in total. The Hall–Kier alpha value is -1.60. The first-order valence-corrected chi connectivity index (χ1v) is 7.98. The number of hydrogen-bond donors (Lipinski definition) is 2. The number of thioether (sulfide) groups is 1. The van der Waals surface area contributed by atoms with Gasteiger partial charge >= 0.3 is 0 Å². The lowest BCUT2D eigenvalue weighted by atomic mass is 10.3. The minimum absolute atomic E-state index is 0.0188. The molecule has 1 aromatic carbocycles. The van der Waals surface area contributed by atoms with Crippen molar-refractivity contribution in [3.63, 3.8) is 0 Å². The molecular weight excluding hydrogens is 292 g/mol. The zero-order valence-electron chi connectivity index (χ0n) is 11.3. The third-order valence-corrected chi connectivity index (χ3v) is 4.45. The van der Waals surface area contributed by atoms with E-state index >= 15 is 0 Å². The van der Waals surface area contributed by atoms with Gasteiger partial charge in [-0.3, -0.25) is 4.79 Å². The number of rotatable bonds is 6. The minimum Gasteiger partial charge on any atom is -0.355 e. The molecule has 1 atom stereocenters. The number of aromatic nitrogens is 2. The van der Waals surface area contributed by atoms with Crippen LogP contribution in [0.25, 0.3) is 0 Å². The van der Waals surface area contributed by atoms with Gasteiger partial charge in [0.1, 0.15) is 0 Å². The van der Waals surface area contributed by atoms with E-state index in [4.69, 9.17) is 0 Å². The maximum absolute atomic E-state index is 11.7. The second-order valence-corrected chi connectivity index (χ2v) is 6.58. The number of nitrogens with one attached hydrogen (secondary N) is 2. The SMILES string of the molecule is CCNC(=O)[C@@H](C)Sc1nnc(Nc2ccccc2)s1. The monoisotopic (exact) mass is 308 g/mol. The fourth-order valence-corrected chi connectivity index (χ4v) is 3.42. The molecule has 1 aromatic heterocycles. The summed E-state index contributed by atoms with van der Waals surface area (Å²) < 4.78 is 0.780. The molecule has 0 fully saturated rings. The Morgan fingerprint density at radius 2 is 2.10 bits per heavy atom. The number of benzene rings is 1. The summed E-state index contributed by atoms with van der Waals surface area (Å²) in [6, 6.07) is 9.80. The van der Waals surface area contributed by atoms with Crippen molar-refractivity contribution in [3.05, 3.63) is 30.3 Å². The van der Waals surface area contributed by atoms with Gasteiger partial charge in [-0.05, 0) is 26.0 Å². The first-order chi connectivity index (χ1) is 9.69. The Bertz CT molecular complexity index is 559. The Morgan fingerprint density at radius 3 is 2.80 bits per heavy atom. The van der Waals surface area contributed by atoms with Gasteiger partial charge in [-0.1, -0.05) is 41.3 Å². The lowest BCUT2D eigenvalue weighted by Gasteiger charge is -2.07. The fraction of sp³-hybridized carbons (Fsp3) is 0.308. The molecule has 1 amide bonds. The summed E-state index contributed by atoms with van der Waals surface area (Å²) in [6.45, 7) is 4.41. The quantitative estimate of drug-likeness (QED) is 0.803. The first-order valence-electron chi connectivity index (χ1n) is 6.29. The summed E-state index contributed by atoms with van der Waals surface area (Å²) in [6.07, 6.45) is 0. The highest BCUT2D eigenvalue weighted by atomic mass is 32.2. The van der Waals surface area contributed by atoms with Crippen LogP contribution >= 0.6 is 23.1 Å². The van der Waals surface area contributed by atoms with E-state index in [1.807, 2.05) is 44.2 Å². The average molecular weight is 308 g/mol. The molecule has 20 heavy (non-hydrogen) atoms. The maximum atomic E-state index is 11.7. The van der Waals surface area contributed by atoms with Gasteiger partial charge in [-0.2, -0.15) is 0 Å². The molecule has 1 heterocycles. The van der Waals surface area contributed by atoms with Crippen LogP contribution in [0, 0.1) is 0 Å². The van der Waals surface area contributed by atoms with E-state index in [1.165, 1.54) is 23.1 Å². The summed E-state index contributed by atoms with van der Waals surface area (Å²) in [5.74, 6) is 0.0188. The van der Waals surface area contributed by atoms with Gasteiger partial charge in [-0.15, -0.1) is 10.2 Å². The van der Waals surface area contributed by atoms with Crippen LogP contribution < -0.4 is 10.6 Å². The second-order valence-electron chi connectivity index (χ2n) is 4.02. The molecule has 0 saturated heterocycles. The van der Waals surface area contributed by atoms with Gasteiger partial charge in [0.25, 0.3) is 0 Å². The molecule has 0 bridgehead atoms. The van der Waals surface area contributed by atoms with E-state index in [1.54, 1.807) is 0 Å². The van der Waals surface area contributed by atoms with Gasteiger partial charge in [0.2, 0.25) is 11.0 Å². The number of para-hydroxylation sites is 1. The maximum Gasteiger partial charge on any atom is 0.233 e. The summed E-state index contributed by atoms with van der Waals surface area (Å²) in [7, 11) is 0.